The summed E-state index contributed by atoms with van der Waals surface area (Å²) < 4.78 is 5.97. The predicted molar refractivity (Wildman–Crippen MR) is 105 cm³/mol. The summed E-state index contributed by atoms with van der Waals surface area (Å²) in [5.74, 6) is 0. The lowest BCUT2D eigenvalue weighted by Gasteiger charge is -2.11. The van der Waals surface area contributed by atoms with Crippen molar-refractivity contribution >= 4 is 51.0 Å². The lowest BCUT2D eigenvalue weighted by molar-refractivity contribution is 0.543. The van der Waals surface area contributed by atoms with Crippen LogP contribution >= 0.6 is 23.8 Å². The minimum absolute atomic E-state index is 0.509. The molecule has 0 bridgehead atoms. The van der Waals surface area contributed by atoms with Gasteiger partial charge in [0.2, 0.25) is 5.55 Å². The van der Waals surface area contributed by atoms with Gasteiger partial charge in [0, 0.05) is 35.1 Å². The van der Waals surface area contributed by atoms with E-state index in [0.717, 1.165) is 32.8 Å². The van der Waals surface area contributed by atoms with Crippen LogP contribution in [0.4, 0.5) is 11.4 Å². The van der Waals surface area contributed by atoms with Crippen molar-refractivity contribution < 1.29 is 4.42 Å². The number of thiocarbonyl (C=S) groups is 1. The molecule has 1 aromatic heterocycles. The Hall–Kier alpha value is -2.17. The van der Waals surface area contributed by atoms with Crippen molar-refractivity contribution in [2.45, 2.75) is 6.92 Å². The summed E-state index contributed by atoms with van der Waals surface area (Å²) in [6.45, 7) is 1.87. The van der Waals surface area contributed by atoms with E-state index in [2.05, 4.69) is 4.99 Å². The number of anilines is 1. The van der Waals surface area contributed by atoms with E-state index >= 15 is 0 Å². The molecule has 3 rings (SSSR count). The molecule has 5 heteroatoms. The van der Waals surface area contributed by atoms with Crippen LogP contribution in [0.2, 0.25) is 5.02 Å². The first-order valence-corrected chi connectivity index (χ1v) is 8.29. The van der Waals surface area contributed by atoms with Gasteiger partial charge in [0.1, 0.15) is 5.58 Å². The third kappa shape index (κ3) is 3.50. The smallest absolute Gasteiger partial charge is 0.228 e. The largest absolute Gasteiger partial charge is 0.438 e. The molecule has 0 atom stereocenters. The Morgan fingerprint density at radius 2 is 1.79 bits per heavy atom. The van der Waals surface area contributed by atoms with Crippen molar-refractivity contribution in [3.63, 3.8) is 0 Å². The molecule has 24 heavy (non-hydrogen) atoms. The second-order valence-corrected chi connectivity index (χ2v) is 6.77. The lowest BCUT2D eigenvalue weighted by Crippen LogP contribution is -2.12. The molecule has 0 aliphatic carbocycles. The van der Waals surface area contributed by atoms with Crippen molar-refractivity contribution in [1.29, 1.82) is 0 Å². The van der Waals surface area contributed by atoms with Crippen LogP contribution in [0.5, 0.6) is 0 Å². The first-order valence-electron chi connectivity index (χ1n) is 7.50. The number of hydrogen-bond acceptors (Lipinski definition) is 4. The standard InChI is InChI=1S/C19H17ClN2OS/c1-12(24)17-11-13-10-14(20)4-9-18(13)23-19(17)21-15-5-7-16(8-6-15)22(2)3/h4-11H,1-3H3. The van der Waals surface area contributed by atoms with E-state index < -0.39 is 0 Å². The fourth-order valence-corrected chi connectivity index (χ4v) is 2.71. The summed E-state index contributed by atoms with van der Waals surface area (Å²) in [4.78, 5) is 7.40. The van der Waals surface area contributed by atoms with Crippen LogP contribution in [0.25, 0.3) is 11.0 Å². The number of hydrogen-bond donors (Lipinski definition) is 0. The Kier molecular flexibility index (Phi) is 4.69. The van der Waals surface area contributed by atoms with Crippen molar-refractivity contribution in [3.05, 3.63) is 64.7 Å². The number of nitrogens with zero attached hydrogens (tertiary/aromatic N) is 2. The van der Waals surface area contributed by atoms with Gasteiger partial charge in [0.25, 0.3) is 0 Å². The van der Waals surface area contributed by atoms with Crippen LogP contribution in [0.15, 0.2) is 57.9 Å². The molecule has 0 radical (unpaired) electrons. The maximum Gasteiger partial charge on any atom is 0.228 e. The molecule has 0 saturated carbocycles. The average molecular weight is 357 g/mol. The van der Waals surface area contributed by atoms with E-state index in [4.69, 9.17) is 28.2 Å². The molecule has 0 amide bonds. The highest BCUT2D eigenvalue weighted by atomic mass is 35.5. The third-order valence-electron chi connectivity index (χ3n) is 3.68. The molecule has 3 nitrogen and oxygen atoms in total. The van der Waals surface area contributed by atoms with Gasteiger partial charge in [0.05, 0.1) is 11.3 Å². The Labute approximate surface area is 151 Å². The van der Waals surface area contributed by atoms with Crippen LogP contribution in [-0.2, 0) is 0 Å². The van der Waals surface area contributed by atoms with Crippen molar-refractivity contribution in [2.75, 3.05) is 19.0 Å². The number of benzene rings is 2. The van der Waals surface area contributed by atoms with Gasteiger partial charge in [-0.05, 0) is 55.5 Å². The fourth-order valence-electron chi connectivity index (χ4n) is 2.38. The normalized spacial score (nSPS) is 11.8. The van der Waals surface area contributed by atoms with Gasteiger partial charge < -0.3 is 9.32 Å². The van der Waals surface area contributed by atoms with E-state index in [1.54, 1.807) is 6.07 Å². The average Bonchev–Trinajstić information content (AvgIpc) is 2.54. The molecule has 0 saturated heterocycles. The molecule has 0 unspecified atom stereocenters. The monoisotopic (exact) mass is 356 g/mol. The quantitative estimate of drug-likeness (QED) is 0.481. The molecule has 0 fully saturated rings. The van der Waals surface area contributed by atoms with Crippen LogP contribution in [-0.4, -0.2) is 19.0 Å². The Bertz CT molecular complexity index is 975. The van der Waals surface area contributed by atoms with Gasteiger partial charge in [-0.3, -0.25) is 0 Å². The van der Waals surface area contributed by atoms with E-state index in [-0.39, 0.29) is 0 Å². The summed E-state index contributed by atoms with van der Waals surface area (Å²) in [6.07, 6.45) is 0. The molecule has 122 valence electrons. The summed E-state index contributed by atoms with van der Waals surface area (Å²) >= 11 is 11.4. The SMILES string of the molecule is CC(=S)c1cc2cc(Cl)ccc2oc1=Nc1ccc(N(C)C)cc1. The molecule has 1 heterocycles. The van der Waals surface area contributed by atoms with E-state index in [9.17, 15) is 0 Å². The number of halogens is 1. The van der Waals surface area contributed by atoms with Gasteiger partial charge in [0.15, 0.2) is 0 Å². The van der Waals surface area contributed by atoms with Crippen LogP contribution in [0, 0.1) is 0 Å². The van der Waals surface area contributed by atoms with Crippen LogP contribution < -0.4 is 10.5 Å². The van der Waals surface area contributed by atoms with E-state index in [0.29, 0.717) is 10.6 Å². The maximum absolute atomic E-state index is 6.06. The van der Waals surface area contributed by atoms with Crippen LogP contribution in [0.1, 0.15) is 12.5 Å². The summed E-state index contributed by atoms with van der Waals surface area (Å²) in [5.41, 5.74) is 3.97. The second-order valence-electron chi connectivity index (χ2n) is 5.73. The van der Waals surface area contributed by atoms with E-state index in [1.165, 1.54) is 0 Å². The van der Waals surface area contributed by atoms with Crippen molar-refractivity contribution in [3.8, 4) is 0 Å². The molecular formula is C19H17ClN2OS. The molecule has 0 spiro atoms. The topological polar surface area (TPSA) is 28.7 Å². The third-order valence-corrected chi connectivity index (χ3v) is 4.14. The summed E-state index contributed by atoms with van der Waals surface area (Å²) in [7, 11) is 4.01. The predicted octanol–water partition coefficient (Wildman–Crippen LogP) is 5.12. The van der Waals surface area contributed by atoms with Gasteiger partial charge in [-0.1, -0.05) is 23.8 Å². The fraction of sp³-hybridized carbons (Fsp3) is 0.158. The maximum atomic E-state index is 6.06. The molecule has 3 aromatic rings. The van der Waals surface area contributed by atoms with Gasteiger partial charge in [-0.25, -0.2) is 4.99 Å². The minimum Gasteiger partial charge on any atom is -0.438 e. The van der Waals surface area contributed by atoms with E-state index in [1.807, 2.05) is 68.4 Å². The lowest BCUT2D eigenvalue weighted by atomic mass is 10.1. The van der Waals surface area contributed by atoms with Gasteiger partial charge in [-0.15, -0.1) is 0 Å². The number of rotatable bonds is 3. The molecule has 2 aromatic carbocycles. The Morgan fingerprint density at radius 1 is 1.08 bits per heavy atom. The zero-order valence-electron chi connectivity index (χ0n) is 13.7. The Balaban J connectivity index is 2.17. The second kappa shape index (κ2) is 6.75. The number of fused-ring (bicyclic) bond motifs is 1. The van der Waals surface area contributed by atoms with Crippen molar-refractivity contribution in [1.82, 2.24) is 0 Å². The van der Waals surface area contributed by atoms with Crippen molar-refractivity contribution in [2.24, 2.45) is 4.99 Å². The molecular weight excluding hydrogens is 340 g/mol. The highest BCUT2D eigenvalue weighted by molar-refractivity contribution is 7.80. The highest BCUT2D eigenvalue weighted by Gasteiger charge is 2.07. The first-order chi connectivity index (χ1) is 11.4. The minimum atomic E-state index is 0.509. The molecule has 0 aliphatic rings. The Morgan fingerprint density at radius 3 is 2.42 bits per heavy atom. The van der Waals surface area contributed by atoms with Gasteiger partial charge in [-0.2, -0.15) is 0 Å². The zero-order chi connectivity index (χ0) is 17.3. The van der Waals surface area contributed by atoms with Crippen LogP contribution in [0.3, 0.4) is 0 Å². The highest BCUT2D eigenvalue weighted by Crippen LogP contribution is 2.21. The van der Waals surface area contributed by atoms with Gasteiger partial charge >= 0.3 is 0 Å². The zero-order valence-corrected chi connectivity index (χ0v) is 15.3. The summed E-state index contributed by atoms with van der Waals surface area (Å²) in [5, 5.41) is 1.57. The first kappa shape index (κ1) is 16.7. The molecule has 0 aliphatic heterocycles. The molecule has 0 N–H and O–H groups in total. The summed E-state index contributed by atoms with van der Waals surface area (Å²) in [6, 6.07) is 15.4.